The van der Waals surface area contributed by atoms with E-state index in [0.717, 1.165) is 17.0 Å². The lowest BCUT2D eigenvalue weighted by Gasteiger charge is -2.14. The SMILES string of the molecule is Cc1ccccc1OCCOc1ccc(Cl)cc1/C=C1\SC(=S)N(c2ccccc2)C1=O. The molecule has 3 aromatic rings. The van der Waals surface area contributed by atoms with E-state index < -0.39 is 0 Å². The van der Waals surface area contributed by atoms with Gasteiger partial charge in [0.2, 0.25) is 0 Å². The minimum absolute atomic E-state index is 0.167. The first-order valence-corrected chi connectivity index (χ1v) is 11.6. The molecule has 0 aromatic heterocycles. The van der Waals surface area contributed by atoms with Crippen LogP contribution in [0.2, 0.25) is 5.02 Å². The molecule has 0 spiro atoms. The first-order valence-electron chi connectivity index (χ1n) is 9.97. The van der Waals surface area contributed by atoms with Crippen molar-refractivity contribution in [3.8, 4) is 11.5 Å². The summed E-state index contributed by atoms with van der Waals surface area (Å²) >= 11 is 12.9. The first kappa shape index (κ1) is 22.4. The molecule has 0 aliphatic carbocycles. The van der Waals surface area contributed by atoms with Gasteiger partial charge in [0, 0.05) is 10.6 Å². The molecule has 1 saturated heterocycles. The van der Waals surface area contributed by atoms with Crippen LogP contribution < -0.4 is 14.4 Å². The van der Waals surface area contributed by atoms with Gasteiger partial charge in [0.1, 0.15) is 24.7 Å². The number of para-hydroxylation sites is 2. The zero-order chi connectivity index (χ0) is 22.5. The Bertz CT molecular complexity index is 1180. The average molecular weight is 482 g/mol. The second kappa shape index (κ2) is 10.2. The number of carbonyl (C=O) groups excluding carboxylic acids is 1. The number of amides is 1. The maximum atomic E-state index is 13.0. The summed E-state index contributed by atoms with van der Waals surface area (Å²) < 4.78 is 12.2. The number of thiocarbonyl (C=S) groups is 1. The van der Waals surface area contributed by atoms with E-state index in [2.05, 4.69) is 0 Å². The highest BCUT2D eigenvalue weighted by atomic mass is 35.5. The third-order valence-electron chi connectivity index (χ3n) is 4.76. The Morgan fingerprint density at radius 2 is 1.66 bits per heavy atom. The first-order chi connectivity index (χ1) is 15.5. The number of ether oxygens (including phenoxy) is 2. The summed E-state index contributed by atoms with van der Waals surface area (Å²) in [4.78, 5) is 15.1. The van der Waals surface area contributed by atoms with E-state index in [4.69, 9.17) is 33.3 Å². The Kier molecular flexibility index (Phi) is 7.15. The normalized spacial score (nSPS) is 14.8. The summed E-state index contributed by atoms with van der Waals surface area (Å²) in [6, 6.07) is 22.5. The maximum Gasteiger partial charge on any atom is 0.270 e. The lowest BCUT2D eigenvalue weighted by Crippen LogP contribution is -2.27. The van der Waals surface area contributed by atoms with Gasteiger partial charge in [-0.25, -0.2) is 0 Å². The van der Waals surface area contributed by atoms with Crippen LogP contribution in [0.15, 0.2) is 77.7 Å². The molecule has 0 bridgehead atoms. The van der Waals surface area contributed by atoms with E-state index in [1.807, 2.05) is 61.5 Å². The Hall–Kier alpha value is -2.80. The van der Waals surface area contributed by atoms with Crippen molar-refractivity contribution in [1.29, 1.82) is 0 Å². The molecule has 4 nitrogen and oxygen atoms in total. The Labute approximate surface area is 201 Å². The van der Waals surface area contributed by atoms with Crippen LogP contribution in [-0.2, 0) is 4.79 Å². The van der Waals surface area contributed by atoms with Crippen LogP contribution in [0.25, 0.3) is 6.08 Å². The van der Waals surface area contributed by atoms with E-state index in [1.165, 1.54) is 16.7 Å². The van der Waals surface area contributed by atoms with Gasteiger partial charge in [0.25, 0.3) is 5.91 Å². The molecule has 0 radical (unpaired) electrons. The monoisotopic (exact) mass is 481 g/mol. The minimum atomic E-state index is -0.167. The maximum absolute atomic E-state index is 13.0. The summed E-state index contributed by atoms with van der Waals surface area (Å²) in [6.07, 6.45) is 1.77. The molecule has 1 amide bonds. The fourth-order valence-electron chi connectivity index (χ4n) is 3.19. The number of nitrogens with zero attached hydrogens (tertiary/aromatic N) is 1. The van der Waals surface area contributed by atoms with Gasteiger partial charge in [-0.1, -0.05) is 72.0 Å². The number of anilines is 1. The number of rotatable bonds is 7. The van der Waals surface area contributed by atoms with Crippen LogP contribution in [0.3, 0.4) is 0 Å². The van der Waals surface area contributed by atoms with Crippen LogP contribution in [0.4, 0.5) is 5.69 Å². The number of hydrogen-bond donors (Lipinski definition) is 0. The van der Waals surface area contributed by atoms with Crippen molar-refractivity contribution in [3.05, 3.63) is 93.9 Å². The highest BCUT2D eigenvalue weighted by Gasteiger charge is 2.33. The molecular weight excluding hydrogens is 462 g/mol. The topological polar surface area (TPSA) is 38.8 Å². The van der Waals surface area contributed by atoms with E-state index in [0.29, 0.717) is 38.8 Å². The third kappa shape index (κ3) is 5.15. The van der Waals surface area contributed by atoms with Crippen LogP contribution >= 0.6 is 35.6 Å². The molecule has 7 heteroatoms. The highest BCUT2D eigenvalue weighted by molar-refractivity contribution is 8.27. The summed E-state index contributed by atoms with van der Waals surface area (Å²) in [6.45, 7) is 2.74. The molecule has 0 atom stereocenters. The summed E-state index contributed by atoms with van der Waals surface area (Å²) in [5.41, 5.74) is 2.52. The fraction of sp³-hybridized carbons (Fsp3) is 0.120. The largest absolute Gasteiger partial charge is 0.490 e. The van der Waals surface area contributed by atoms with Gasteiger partial charge in [0.05, 0.1) is 10.6 Å². The molecule has 162 valence electrons. The van der Waals surface area contributed by atoms with Gasteiger partial charge in [-0.2, -0.15) is 0 Å². The molecular formula is C25H20ClNO3S2. The zero-order valence-electron chi connectivity index (χ0n) is 17.3. The molecule has 1 aliphatic heterocycles. The Morgan fingerprint density at radius 1 is 0.969 bits per heavy atom. The number of halogens is 1. The average Bonchev–Trinajstić information content (AvgIpc) is 3.07. The third-order valence-corrected chi connectivity index (χ3v) is 6.30. The fourth-order valence-corrected chi connectivity index (χ4v) is 4.66. The number of thioether (sulfide) groups is 1. The van der Waals surface area contributed by atoms with Crippen molar-refractivity contribution in [1.82, 2.24) is 0 Å². The van der Waals surface area contributed by atoms with Crippen molar-refractivity contribution in [2.24, 2.45) is 0 Å². The quantitative estimate of drug-likeness (QED) is 0.218. The predicted octanol–water partition coefficient (Wildman–Crippen LogP) is 6.51. The highest BCUT2D eigenvalue weighted by Crippen LogP contribution is 2.37. The van der Waals surface area contributed by atoms with Gasteiger partial charge in [-0.3, -0.25) is 9.69 Å². The van der Waals surface area contributed by atoms with Crippen LogP contribution in [0.5, 0.6) is 11.5 Å². The summed E-state index contributed by atoms with van der Waals surface area (Å²) in [5.74, 6) is 1.28. The standard InChI is InChI=1S/C25H20ClNO3S2/c1-17-7-5-6-10-21(17)29-13-14-30-22-12-11-19(26)15-18(22)16-23-24(28)27(25(31)32-23)20-8-3-2-4-9-20/h2-12,15-16H,13-14H2,1H3/b23-16-. The van der Waals surface area contributed by atoms with E-state index in [9.17, 15) is 4.79 Å². The van der Waals surface area contributed by atoms with Crippen molar-refractivity contribution in [2.45, 2.75) is 6.92 Å². The lowest BCUT2D eigenvalue weighted by molar-refractivity contribution is -0.113. The molecule has 1 aliphatic rings. The summed E-state index contributed by atoms with van der Waals surface area (Å²) in [7, 11) is 0. The van der Waals surface area contributed by atoms with Crippen molar-refractivity contribution < 1.29 is 14.3 Å². The van der Waals surface area contributed by atoms with Gasteiger partial charge < -0.3 is 9.47 Å². The zero-order valence-corrected chi connectivity index (χ0v) is 19.7. The second-order valence-corrected chi connectivity index (χ2v) is 9.11. The minimum Gasteiger partial charge on any atom is -0.490 e. The Morgan fingerprint density at radius 3 is 2.41 bits per heavy atom. The molecule has 0 N–H and O–H groups in total. The van der Waals surface area contributed by atoms with Gasteiger partial charge >= 0.3 is 0 Å². The number of aryl methyl sites for hydroxylation is 1. The van der Waals surface area contributed by atoms with Crippen molar-refractivity contribution >= 4 is 57.6 Å². The van der Waals surface area contributed by atoms with Crippen LogP contribution in [-0.4, -0.2) is 23.4 Å². The van der Waals surface area contributed by atoms with Crippen LogP contribution in [0, 0.1) is 6.92 Å². The molecule has 1 heterocycles. The molecule has 32 heavy (non-hydrogen) atoms. The molecule has 0 saturated carbocycles. The van der Waals surface area contributed by atoms with Gasteiger partial charge in [-0.05, 0) is 55.0 Å². The van der Waals surface area contributed by atoms with Crippen molar-refractivity contribution in [2.75, 3.05) is 18.1 Å². The molecule has 4 rings (SSSR count). The molecule has 1 fully saturated rings. The second-order valence-electron chi connectivity index (χ2n) is 7.00. The predicted molar refractivity (Wildman–Crippen MR) is 136 cm³/mol. The van der Waals surface area contributed by atoms with E-state index >= 15 is 0 Å². The van der Waals surface area contributed by atoms with Crippen molar-refractivity contribution in [3.63, 3.8) is 0 Å². The number of benzene rings is 3. The van der Waals surface area contributed by atoms with Gasteiger partial charge in [0.15, 0.2) is 4.32 Å². The molecule has 3 aromatic carbocycles. The van der Waals surface area contributed by atoms with E-state index in [1.54, 1.807) is 24.3 Å². The number of carbonyl (C=O) groups is 1. The smallest absolute Gasteiger partial charge is 0.270 e. The summed E-state index contributed by atoms with van der Waals surface area (Å²) in [5, 5.41) is 0.554. The molecule has 0 unspecified atom stereocenters. The Balaban J connectivity index is 1.48. The number of hydrogen-bond acceptors (Lipinski definition) is 5. The lowest BCUT2D eigenvalue weighted by atomic mass is 10.1. The van der Waals surface area contributed by atoms with Gasteiger partial charge in [-0.15, -0.1) is 0 Å². The van der Waals surface area contributed by atoms with E-state index in [-0.39, 0.29) is 5.91 Å². The van der Waals surface area contributed by atoms with Crippen LogP contribution in [0.1, 0.15) is 11.1 Å².